The first-order chi connectivity index (χ1) is 17.0. The van der Waals surface area contributed by atoms with Gasteiger partial charge in [0.15, 0.2) is 0 Å². The zero-order valence-electron chi connectivity index (χ0n) is 18.9. The fraction of sp³-hybridized carbons (Fsp3) is 0.192. The fourth-order valence-electron chi connectivity index (χ4n) is 4.13. The van der Waals surface area contributed by atoms with Crippen LogP contribution in [0.1, 0.15) is 41.5 Å². The topological polar surface area (TPSA) is 98.6 Å². The van der Waals surface area contributed by atoms with Crippen LogP contribution in [0.5, 0.6) is 0 Å². The van der Waals surface area contributed by atoms with Crippen molar-refractivity contribution >= 4 is 39.3 Å². The van der Waals surface area contributed by atoms with E-state index in [-0.39, 0.29) is 37.1 Å². The lowest BCUT2D eigenvalue weighted by molar-refractivity contribution is 0.0513. The quantitative estimate of drug-likeness (QED) is 0.292. The molecule has 0 saturated carbocycles. The first-order valence-electron chi connectivity index (χ1n) is 11.1. The van der Waals surface area contributed by atoms with Crippen LogP contribution < -0.4 is 5.56 Å². The largest absolute Gasteiger partial charge is 0.461 e. The molecule has 2 amide bonds. The summed E-state index contributed by atoms with van der Waals surface area (Å²) in [6, 6.07) is 16.4. The summed E-state index contributed by atoms with van der Waals surface area (Å²) in [5.41, 5.74) is 1.98. The zero-order chi connectivity index (χ0) is 24.5. The molecule has 0 spiro atoms. The van der Waals surface area contributed by atoms with Crippen molar-refractivity contribution in [3.8, 4) is 0 Å². The Morgan fingerprint density at radius 3 is 2.29 bits per heavy atom. The molecule has 0 N–H and O–H groups in total. The number of nitrogens with zero attached hydrogens (tertiary/aromatic N) is 3. The molecule has 4 aromatic rings. The van der Waals surface area contributed by atoms with E-state index in [4.69, 9.17) is 4.74 Å². The lowest BCUT2D eigenvalue weighted by Crippen LogP contribution is -2.35. The predicted octanol–water partition coefficient (Wildman–Crippen LogP) is 3.46. The van der Waals surface area contributed by atoms with Crippen molar-refractivity contribution in [2.45, 2.75) is 19.9 Å². The summed E-state index contributed by atoms with van der Waals surface area (Å²) in [5.74, 6) is -1.24. The molecule has 35 heavy (non-hydrogen) atoms. The number of amides is 2. The third-order valence-corrected chi connectivity index (χ3v) is 7.19. The highest BCUT2D eigenvalue weighted by atomic mass is 32.1. The number of benzene rings is 2. The van der Waals surface area contributed by atoms with Gasteiger partial charge < -0.3 is 4.74 Å². The molecule has 1 aliphatic heterocycles. The van der Waals surface area contributed by atoms with E-state index in [1.165, 1.54) is 10.9 Å². The Morgan fingerprint density at radius 1 is 0.943 bits per heavy atom. The summed E-state index contributed by atoms with van der Waals surface area (Å²) in [5, 5.41) is 0.342. The Balaban J connectivity index is 1.31. The van der Waals surface area contributed by atoms with Gasteiger partial charge in [-0.2, -0.15) is 0 Å². The number of rotatable bonds is 7. The number of imide groups is 1. The normalized spacial score (nSPS) is 12.9. The van der Waals surface area contributed by atoms with Crippen molar-refractivity contribution in [2.24, 2.45) is 0 Å². The molecular weight excluding hydrogens is 466 g/mol. The van der Waals surface area contributed by atoms with Crippen molar-refractivity contribution in [3.63, 3.8) is 0 Å². The van der Waals surface area contributed by atoms with Gasteiger partial charge in [0.1, 0.15) is 9.71 Å². The van der Waals surface area contributed by atoms with E-state index in [0.717, 1.165) is 21.8 Å². The SMILES string of the molecule is Cc1c(C(=O)OCCc2ccccc2)sc2ncn(CCN3C(=O)c4ccccc4C3=O)c(=O)c12. The highest BCUT2D eigenvalue weighted by molar-refractivity contribution is 7.20. The van der Waals surface area contributed by atoms with Crippen LogP contribution in [-0.4, -0.2) is 45.4 Å². The highest BCUT2D eigenvalue weighted by Gasteiger charge is 2.34. The number of carbonyl (C=O) groups excluding carboxylic acids is 3. The summed E-state index contributed by atoms with van der Waals surface area (Å²) in [7, 11) is 0. The summed E-state index contributed by atoms with van der Waals surface area (Å²) < 4.78 is 6.79. The van der Waals surface area contributed by atoms with Crippen molar-refractivity contribution in [2.75, 3.05) is 13.2 Å². The Labute approximate surface area is 204 Å². The first-order valence-corrected chi connectivity index (χ1v) is 11.9. The minimum atomic E-state index is -0.488. The number of hydrogen-bond donors (Lipinski definition) is 0. The predicted molar refractivity (Wildman–Crippen MR) is 131 cm³/mol. The van der Waals surface area contributed by atoms with E-state index in [2.05, 4.69) is 4.98 Å². The average Bonchev–Trinajstić information content (AvgIpc) is 3.34. The van der Waals surface area contributed by atoms with E-state index in [1.807, 2.05) is 30.3 Å². The highest BCUT2D eigenvalue weighted by Crippen LogP contribution is 2.28. The van der Waals surface area contributed by atoms with Crippen molar-refractivity contribution < 1.29 is 19.1 Å². The van der Waals surface area contributed by atoms with Crippen LogP contribution in [0.15, 0.2) is 65.7 Å². The van der Waals surface area contributed by atoms with Gasteiger partial charge in [0, 0.05) is 19.5 Å². The molecule has 2 aromatic carbocycles. The van der Waals surface area contributed by atoms with Crippen molar-refractivity contribution in [1.29, 1.82) is 0 Å². The lowest BCUT2D eigenvalue weighted by atomic mass is 10.1. The molecule has 8 nitrogen and oxygen atoms in total. The van der Waals surface area contributed by atoms with Gasteiger partial charge in [0.05, 0.1) is 29.4 Å². The molecule has 176 valence electrons. The van der Waals surface area contributed by atoms with Crippen LogP contribution >= 0.6 is 11.3 Å². The molecule has 0 atom stereocenters. The van der Waals surface area contributed by atoms with E-state index in [0.29, 0.717) is 38.2 Å². The molecule has 1 aliphatic rings. The van der Waals surface area contributed by atoms with E-state index in [9.17, 15) is 19.2 Å². The maximum absolute atomic E-state index is 13.2. The number of aryl methyl sites for hydroxylation is 1. The lowest BCUT2D eigenvalue weighted by Gasteiger charge is -2.14. The minimum absolute atomic E-state index is 0.0387. The third-order valence-electron chi connectivity index (χ3n) is 6.01. The Kier molecular flexibility index (Phi) is 6.00. The smallest absolute Gasteiger partial charge is 0.348 e. The van der Waals surface area contributed by atoms with Crippen LogP contribution in [0.25, 0.3) is 10.2 Å². The Hall–Kier alpha value is -4.11. The maximum Gasteiger partial charge on any atom is 0.348 e. The maximum atomic E-state index is 13.2. The van der Waals surface area contributed by atoms with E-state index < -0.39 is 5.97 Å². The van der Waals surface area contributed by atoms with E-state index >= 15 is 0 Å². The van der Waals surface area contributed by atoms with Crippen LogP contribution in [0.4, 0.5) is 0 Å². The molecule has 0 unspecified atom stereocenters. The van der Waals surface area contributed by atoms with Crippen molar-refractivity contribution in [1.82, 2.24) is 14.5 Å². The number of fused-ring (bicyclic) bond motifs is 2. The minimum Gasteiger partial charge on any atom is -0.461 e. The first kappa shape index (κ1) is 22.7. The van der Waals surface area contributed by atoms with E-state index in [1.54, 1.807) is 31.2 Å². The number of aromatic nitrogens is 2. The molecule has 0 radical (unpaired) electrons. The van der Waals surface area contributed by atoms with Crippen molar-refractivity contribution in [3.05, 3.63) is 98.4 Å². The number of carbonyl (C=O) groups is 3. The summed E-state index contributed by atoms with van der Waals surface area (Å²) in [4.78, 5) is 57.3. The number of ether oxygens (including phenoxy) is 1. The van der Waals surface area contributed by atoms with Gasteiger partial charge in [-0.15, -0.1) is 11.3 Å². The second kappa shape index (κ2) is 9.27. The van der Waals surface area contributed by atoms with Gasteiger partial charge in [-0.1, -0.05) is 42.5 Å². The molecule has 5 rings (SSSR count). The summed E-state index contributed by atoms with van der Waals surface area (Å²) >= 11 is 1.12. The standard InChI is InChI=1S/C26H21N3O5S/c1-16-20-22(35-21(16)26(33)34-14-11-17-7-3-2-4-8-17)27-15-28(25(20)32)12-13-29-23(30)18-9-5-6-10-19(18)24(29)31/h2-10,15H,11-14H2,1H3. The Bertz CT molecular complexity index is 1490. The second-order valence-corrected chi connectivity index (χ2v) is 9.16. The Morgan fingerprint density at radius 2 is 1.60 bits per heavy atom. The van der Waals surface area contributed by atoms with Crippen LogP contribution in [-0.2, 0) is 17.7 Å². The summed E-state index contributed by atoms with van der Waals surface area (Å²) in [6.45, 7) is 2.06. The molecule has 0 aliphatic carbocycles. The fourth-order valence-corrected chi connectivity index (χ4v) is 5.17. The van der Waals surface area contributed by atoms with Gasteiger partial charge in [0.25, 0.3) is 17.4 Å². The number of esters is 1. The monoisotopic (exact) mass is 487 g/mol. The average molecular weight is 488 g/mol. The molecule has 3 heterocycles. The number of hydrogen-bond acceptors (Lipinski definition) is 7. The van der Waals surface area contributed by atoms with Gasteiger partial charge in [-0.25, -0.2) is 9.78 Å². The van der Waals surface area contributed by atoms with Gasteiger partial charge >= 0.3 is 5.97 Å². The third kappa shape index (κ3) is 4.15. The van der Waals surface area contributed by atoms with Gasteiger partial charge in [-0.05, 0) is 30.2 Å². The van der Waals surface area contributed by atoms with Crippen LogP contribution in [0, 0.1) is 6.92 Å². The number of thiophene rings is 1. The molecule has 0 bridgehead atoms. The summed E-state index contributed by atoms with van der Waals surface area (Å²) in [6.07, 6.45) is 1.97. The molecule has 0 fully saturated rings. The van der Waals surface area contributed by atoms with Gasteiger partial charge in [-0.3, -0.25) is 23.9 Å². The molecule has 2 aromatic heterocycles. The second-order valence-electron chi connectivity index (χ2n) is 8.16. The molecular formula is C26H21N3O5S. The molecule has 9 heteroatoms. The zero-order valence-corrected chi connectivity index (χ0v) is 19.7. The van der Waals surface area contributed by atoms with Crippen LogP contribution in [0.2, 0.25) is 0 Å². The van der Waals surface area contributed by atoms with Crippen LogP contribution in [0.3, 0.4) is 0 Å². The van der Waals surface area contributed by atoms with Gasteiger partial charge in [0.2, 0.25) is 0 Å². The molecule has 0 saturated heterocycles.